The van der Waals surface area contributed by atoms with E-state index in [2.05, 4.69) is 24.1 Å². The Balaban J connectivity index is 2.58. The largest absolute Gasteiger partial charge is 0.325 e. The molecule has 2 unspecified atom stereocenters. The first-order valence-corrected chi connectivity index (χ1v) is 6.81. The summed E-state index contributed by atoms with van der Waals surface area (Å²) >= 11 is 0. The summed E-state index contributed by atoms with van der Waals surface area (Å²) in [5, 5.41) is 3.47. The van der Waals surface area contributed by atoms with Gasteiger partial charge in [-0.05, 0) is 26.9 Å². The summed E-state index contributed by atoms with van der Waals surface area (Å²) in [5.74, 6) is 0.298. The average Bonchev–Trinajstić information content (AvgIpc) is 2.54. The van der Waals surface area contributed by atoms with Crippen molar-refractivity contribution in [1.82, 2.24) is 15.1 Å². The second-order valence-electron chi connectivity index (χ2n) is 5.15. The van der Waals surface area contributed by atoms with Crippen LogP contribution in [-0.2, 0) is 4.79 Å². The van der Waals surface area contributed by atoms with Gasteiger partial charge in [-0.25, -0.2) is 0 Å². The van der Waals surface area contributed by atoms with Crippen LogP contribution in [0.1, 0.15) is 39.5 Å². The second-order valence-corrected chi connectivity index (χ2v) is 5.15. The number of carbonyl (C=O) groups excluding carboxylic acids is 1. The number of rotatable bonds is 7. The Morgan fingerprint density at radius 3 is 2.41 bits per heavy atom. The van der Waals surface area contributed by atoms with Crippen LogP contribution in [0.4, 0.5) is 0 Å². The first-order chi connectivity index (χ1) is 8.10. The molecule has 4 nitrogen and oxygen atoms in total. The maximum atomic E-state index is 12.2. The third kappa shape index (κ3) is 3.96. The van der Waals surface area contributed by atoms with Gasteiger partial charge in [-0.2, -0.15) is 0 Å². The predicted molar refractivity (Wildman–Crippen MR) is 70.8 cm³/mol. The lowest BCUT2D eigenvalue weighted by atomic mass is 10.2. The van der Waals surface area contributed by atoms with E-state index >= 15 is 0 Å². The molecule has 0 aromatic rings. The fourth-order valence-corrected chi connectivity index (χ4v) is 2.33. The van der Waals surface area contributed by atoms with Gasteiger partial charge >= 0.3 is 0 Å². The zero-order valence-corrected chi connectivity index (χ0v) is 11.7. The minimum absolute atomic E-state index is 0.0544. The summed E-state index contributed by atoms with van der Waals surface area (Å²) in [4.78, 5) is 16.4. The minimum Gasteiger partial charge on any atom is -0.325 e. The Morgan fingerprint density at radius 1 is 1.24 bits per heavy atom. The molecular weight excluding hydrogens is 214 g/mol. The molecule has 1 heterocycles. The highest BCUT2D eigenvalue weighted by atomic mass is 16.2. The number of amides is 1. The zero-order chi connectivity index (χ0) is 12.8. The van der Waals surface area contributed by atoms with Crippen molar-refractivity contribution in [3.8, 4) is 0 Å². The first-order valence-electron chi connectivity index (χ1n) is 6.81. The van der Waals surface area contributed by atoms with Crippen LogP contribution in [0.2, 0.25) is 0 Å². The highest BCUT2D eigenvalue weighted by Gasteiger charge is 2.36. The lowest BCUT2D eigenvalue weighted by molar-refractivity contribution is -0.130. The van der Waals surface area contributed by atoms with E-state index < -0.39 is 0 Å². The first kappa shape index (κ1) is 14.5. The van der Waals surface area contributed by atoms with E-state index in [1.54, 1.807) is 0 Å². The van der Waals surface area contributed by atoms with Gasteiger partial charge in [0.1, 0.15) is 0 Å². The lowest BCUT2D eigenvalue weighted by Crippen LogP contribution is -2.41. The molecule has 0 aliphatic carbocycles. The standard InChI is InChI=1S/C13H27N3O/c1-5-7-11-13(17)16(10-9-15(3)4)12(14-11)8-6-2/h11-12,14H,5-10H2,1-4H3. The van der Waals surface area contributed by atoms with E-state index in [0.29, 0.717) is 5.91 Å². The van der Waals surface area contributed by atoms with Crippen LogP contribution in [0.25, 0.3) is 0 Å². The highest BCUT2D eigenvalue weighted by molar-refractivity contribution is 5.84. The van der Waals surface area contributed by atoms with Crippen LogP contribution in [0, 0.1) is 0 Å². The van der Waals surface area contributed by atoms with Gasteiger partial charge in [-0.15, -0.1) is 0 Å². The molecule has 17 heavy (non-hydrogen) atoms. The summed E-state index contributed by atoms with van der Waals surface area (Å²) in [6, 6.07) is 0.0544. The molecule has 100 valence electrons. The van der Waals surface area contributed by atoms with Crippen molar-refractivity contribution in [2.75, 3.05) is 27.2 Å². The van der Waals surface area contributed by atoms with E-state index in [1.807, 2.05) is 19.0 Å². The summed E-state index contributed by atoms with van der Waals surface area (Å²) in [7, 11) is 4.10. The number of hydrogen-bond donors (Lipinski definition) is 1. The van der Waals surface area contributed by atoms with Crippen molar-refractivity contribution in [3.63, 3.8) is 0 Å². The van der Waals surface area contributed by atoms with Crippen LogP contribution in [0.15, 0.2) is 0 Å². The van der Waals surface area contributed by atoms with Crippen molar-refractivity contribution in [2.24, 2.45) is 0 Å². The molecule has 1 saturated heterocycles. The average molecular weight is 241 g/mol. The topological polar surface area (TPSA) is 35.6 Å². The monoisotopic (exact) mass is 241 g/mol. The van der Waals surface area contributed by atoms with Gasteiger partial charge in [-0.1, -0.05) is 26.7 Å². The van der Waals surface area contributed by atoms with Gasteiger partial charge in [0.2, 0.25) is 5.91 Å². The van der Waals surface area contributed by atoms with Crippen molar-refractivity contribution >= 4 is 5.91 Å². The molecule has 1 N–H and O–H groups in total. The predicted octanol–water partition coefficient (Wildman–Crippen LogP) is 1.27. The molecule has 1 rings (SSSR count). The summed E-state index contributed by atoms with van der Waals surface area (Å²) in [5.41, 5.74) is 0. The van der Waals surface area contributed by atoms with Crippen molar-refractivity contribution in [3.05, 3.63) is 0 Å². The van der Waals surface area contributed by atoms with E-state index in [4.69, 9.17) is 0 Å². The third-order valence-corrected chi connectivity index (χ3v) is 3.28. The molecule has 1 fully saturated rings. The summed E-state index contributed by atoms with van der Waals surface area (Å²) in [6.45, 7) is 6.08. The summed E-state index contributed by atoms with van der Waals surface area (Å²) < 4.78 is 0. The smallest absolute Gasteiger partial charge is 0.241 e. The SMILES string of the molecule is CCCC1NC(CCC)N(CCN(C)C)C1=O. The second kappa shape index (κ2) is 6.97. The van der Waals surface area contributed by atoms with Crippen LogP contribution < -0.4 is 5.32 Å². The molecular formula is C13H27N3O. The lowest BCUT2D eigenvalue weighted by Gasteiger charge is -2.25. The van der Waals surface area contributed by atoms with E-state index in [9.17, 15) is 4.79 Å². The fraction of sp³-hybridized carbons (Fsp3) is 0.923. The maximum absolute atomic E-state index is 12.2. The number of likely N-dealkylation sites (N-methyl/N-ethyl adjacent to an activating group) is 1. The van der Waals surface area contributed by atoms with Crippen LogP contribution >= 0.6 is 0 Å². The number of carbonyl (C=O) groups is 1. The molecule has 0 saturated carbocycles. The van der Waals surface area contributed by atoms with Gasteiger partial charge in [0.15, 0.2) is 0 Å². The normalized spacial score (nSPS) is 25.0. The van der Waals surface area contributed by atoms with Gasteiger partial charge in [-0.3, -0.25) is 10.1 Å². The number of nitrogens with zero attached hydrogens (tertiary/aromatic N) is 2. The van der Waals surface area contributed by atoms with Crippen molar-refractivity contribution < 1.29 is 4.79 Å². The molecule has 0 radical (unpaired) electrons. The third-order valence-electron chi connectivity index (χ3n) is 3.28. The van der Waals surface area contributed by atoms with E-state index in [1.165, 1.54) is 0 Å². The Hall–Kier alpha value is -0.610. The molecule has 0 spiro atoms. The van der Waals surface area contributed by atoms with Crippen molar-refractivity contribution in [1.29, 1.82) is 0 Å². The summed E-state index contributed by atoms with van der Waals surface area (Å²) in [6.07, 6.45) is 4.44. The minimum atomic E-state index is 0.0544. The van der Waals surface area contributed by atoms with E-state index in [0.717, 1.165) is 38.8 Å². The molecule has 0 aromatic carbocycles. The van der Waals surface area contributed by atoms with Crippen molar-refractivity contribution in [2.45, 2.75) is 51.7 Å². The molecule has 1 aliphatic heterocycles. The Kier molecular flexibility index (Phi) is 5.92. The Morgan fingerprint density at radius 2 is 1.88 bits per heavy atom. The molecule has 2 atom stereocenters. The molecule has 4 heteroatoms. The molecule has 1 amide bonds. The van der Waals surface area contributed by atoms with E-state index in [-0.39, 0.29) is 12.2 Å². The van der Waals surface area contributed by atoms with Gasteiger partial charge in [0.05, 0.1) is 12.2 Å². The molecule has 0 bridgehead atoms. The van der Waals surface area contributed by atoms with Crippen LogP contribution in [0.5, 0.6) is 0 Å². The number of hydrogen-bond acceptors (Lipinski definition) is 3. The van der Waals surface area contributed by atoms with Gasteiger partial charge in [0.25, 0.3) is 0 Å². The van der Waals surface area contributed by atoms with Crippen LogP contribution in [-0.4, -0.2) is 55.1 Å². The number of nitrogens with one attached hydrogen (secondary N) is 1. The van der Waals surface area contributed by atoms with Gasteiger partial charge in [0, 0.05) is 13.1 Å². The fourth-order valence-electron chi connectivity index (χ4n) is 2.33. The highest BCUT2D eigenvalue weighted by Crippen LogP contribution is 2.17. The zero-order valence-electron chi connectivity index (χ0n) is 11.7. The molecule has 1 aliphatic rings. The Labute approximate surface area is 105 Å². The quantitative estimate of drug-likeness (QED) is 0.729. The van der Waals surface area contributed by atoms with Crippen LogP contribution in [0.3, 0.4) is 0 Å². The molecule has 0 aromatic heterocycles. The van der Waals surface area contributed by atoms with Gasteiger partial charge < -0.3 is 9.80 Å². The Bertz CT molecular complexity index is 243. The maximum Gasteiger partial charge on any atom is 0.241 e.